The lowest BCUT2D eigenvalue weighted by atomic mass is 10.1. The summed E-state index contributed by atoms with van der Waals surface area (Å²) in [7, 11) is -0.865. The second kappa shape index (κ2) is 10.7. The van der Waals surface area contributed by atoms with Gasteiger partial charge in [0, 0.05) is 0 Å². The maximum Gasteiger partial charge on any atom is 0.180 e. The number of hydrogen-bond donors (Lipinski definition) is 1. The molecule has 0 bridgehead atoms. The van der Waals surface area contributed by atoms with E-state index in [1.54, 1.807) is 0 Å². The van der Waals surface area contributed by atoms with Gasteiger partial charge in [-0.1, -0.05) is 50.1 Å². The molecule has 12 heavy (non-hydrogen) atoms. The van der Waals surface area contributed by atoms with E-state index in [-0.39, 0.29) is 0 Å². The van der Waals surface area contributed by atoms with Crippen LogP contribution in [0.1, 0.15) is 39.0 Å². The standard InChI is InChI=1S/C10H20OSi/c1-2-3-4-5-6-7-8-9-10-12-11/h7-11H,2-6,12H2,1H3/b8-7+,10-9+. The number of hydrogen-bond acceptors (Lipinski definition) is 1. The van der Waals surface area contributed by atoms with Gasteiger partial charge in [-0.15, -0.1) is 0 Å². The summed E-state index contributed by atoms with van der Waals surface area (Å²) in [4.78, 5) is 8.56. The van der Waals surface area contributed by atoms with E-state index >= 15 is 0 Å². The lowest BCUT2D eigenvalue weighted by molar-refractivity contribution is 0.614. The first kappa shape index (κ1) is 11.7. The third-order valence-corrected chi connectivity index (χ3v) is 2.20. The smallest absolute Gasteiger partial charge is 0.180 e. The van der Waals surface area contributed by atoms with E-state index in [9.17, 15) is 0 Å². The van der Waals surface area contributed by atoms with Crippen molar-refractivity contribution < 1.29 is 4.80 Å². The van der Waals surface area contributed by atoms with Crippen LogP contribution in [0.15, 0.2) is 23.9 Å². The van der Waals surface area contributed by atoms with Crippen LogP contribution in [-0.4, -0.2) is 14.6 Å². The molecule has 0 aromatic rings. The normalized spacial score (nSPS) is 12.8. The highest BCUT2D eigenvalue weighted by Crippen LogP contribution is 2.02. The Balaban J connectivity index is 3.07. The molecule has 0 fully saturated rings. The van der Waals surface area contributed by atoms with Crippen molar-refractivity contribution in [3.63, 3.8) is 0 Å². The predicted molar refractivity (Wildman–Crippen MR) is 57.8 cm³/mol. The molecule has 0 aliphatic rings. The van der Waals surface area contributed by atoms with Crippen LogP contribution in [-0.2, 0) is 0 Å². The van der Waals surface area contributed by atoms with Crippen LogP contribution in [0.25, 0.3) is 0 Å². The monoisotopic (exact) mass is 184 g/mol. The van der Waals surface area contributed by atoms with Crippen molar-refractivity contribution in [3.05, 3.63) is 23.9 Å². The molecule has 0 rings (SSSR count). The van der Waals surface area contributed by atoms with Gasteiger partial charge >= 0.3 is 0 Å². The predicted octanol–water partition coefficient (Wildman–Crippen LogP) is 2.10. The molecule has 2 heteroatoms. The average Bonchev–Trinajstić information content (AvgIpc) is 2.10. The lowest BCUT2D eigenvalue weighted by Gasteiger charge is -1.92. The molecule has 0 amide bonds. The van der Waals surface area contributed by atoms with E-state index in [1.165, 1.54) is 32.1 Å². The maximum atomic E-state index is 8.56. The van der Waals surface area contributed by atoms with Gasteiger partial charge in [0.25, 0.3) is 0 Å². The second-order valence-electron chi connectivity index (χ2n) is 2.89. The van der Waals surface area contributed by atoms with Gasteiger partial charge < -0.3 is 4.80 Å². The summed E-state index contributed by atoms with van der Waals surface area (Å²) < 4.78 is 0. The van der Waals surface area contributed by atoms with Crippen LogP contribution in [0.3, 0.4) is 0 Å². The van der Waals surface area contributed by atoms with E-state index in [0.717, 1.165) is 0 Å². The minimum Gasteiger partial charge on any atom is -0.434 e. The van der Waals surface area contributed by atoms with Crippen LogP contribution in [0, 0.1) is 0 Å². The number of rotatable bonds is 7. The number of allylic oxidation sites excluding steroid dienone is 3. The summed E-state index contributed by atoms with van der Waals surface area (Å²) in [5, 5.41) is 0. The molecule has 0 aromatic heterocycles. The Hall–Kier alpha value is -0.343. The van der Waals surface area contributed by atoms with Gasteiger partial charge in [-0.05, 0) is 12.8 Å². The Morgan fingerprint density at radius 2 is 2.00 bits per heavy atom. The van der Waals surface area contributed by atoms with Gasteiger partial charge in [0.1, 0.15) is 0 Å². The molecule has 70 valence electrons. The fourth-order valence-electron chi connectivity index (χ4n) is 1.00. The van der Waals surface area contributed by atoms with Crippen molar-refractivity contribution in [1.29, 1.82) is 0 Å². The Kier molecular flexibility index (Phi) is 10.4. The highest BCUT2D eigenvalue weighted by molar-refractivity contribution is 6.32. The number of unbranched alkanes of at least 4 members (excludes halogenated alkanes) is 4. The largest absolute Gasteiger partial charge is 0.434 e. The Labute approximate surface area is 78.1 Å². The Morgan fingerprint density at radius 1 is 1.17 bits per heavy atom. The fraction of sp³-hybridized carbons (Fsp3) is 0.600. The molecule has 0 aliphatic carbocycles. The van der Waals surface area contributed by atoms with Crippen molar-refractivity contribution in [2.24, 2.45) is 0 Å². The minimum absolute atomic E-state index is 0.865. The summed E-state index contributed by atoms with van der Waals surface area (Å²) in [5.41, 5.74) is 1.88. The van der Waals surface area contributed by atoms with Crippen LogP contribution in [0.4, 0.5) is 0 Å². The average molecular weight is 184 g/mol. The summed E-state index contributed by atoms with van der Waals surface area (Å²) >= 11 is 0. The molecule has 0 heterocycles. The quantitative estimate of drug-likeness (QED) is 0.365. The van der Waals surface area contributed by atoms with Gasteiger partial charge in [0.15, 0.2) is 9.76 Å². The van der Waals surface area contributed by atoms with E-state index in [4.69, 9.17) is 4.80 Å². The molecule has 1 N–H and O–H groups in total. The zero-order valence-corrected chi connectivity index (χ0v) is 9.41. The first-order valence-corrected chi connectivity index (χ1v) is 6.29. The fourth-order valence-corrected chi connectivity index (χ4v) is 1.28. The van der Waals surface area contributed by atoms with Gasteiger partial charge in [-0.3, -0.25) is 0 Å². The molecule has 0 unspecified atom stereocenters. The molecule has 0 atom stereocenters. The second-order valence-corrected chi connectivity index (χ2v) is 3.72. The van der Waals surface area contributed by atoms with Crippen LogP contribution in [0.5, 0.6) is 0 Å². The van der Waals surface area contributed by atoms with Crippen LogP contribution < -0.4 is 0 Å². The molecular formula is C10H20OSi. The van der Waals surface area contributed by atoms with Crippen molar-refractivity contribution in [2.45, 2.75) is 39.0 Å². The topological polar surface area (TPSA) is 20.2 Å². The van der Waals surface area contributed by atoms with Crippen molar-refractivity contribution in [1.82, 2.24) is 0 Å². The van der Waals surface area contributed by atoms with Gasteiger partial charge in [0.05, 0.1) is 0 Å². The Bertz CT molecular complexity index is 130. The molecule has 0 saturated carbocycles. The maximum absolute atomic E-state index is 8.56. The van der Waals surface area contributed by atoms with Crippen molar-refractivity contribution in [3.8, 4) is 0 Å². The zero-order valence-electron chi connectivity index (χ0n) is 8.00. The molecule has 0 radical (unpaired) electrons. The van der Waals surface area contributed by atoms with Crippen LogP contribution >= 0.6 is 0 Å². The third-order valence-electron chi connectivity index (χ3n) is 1.71. The first-order chi connectivity index (χ1) is 5.91. The van der Waals surface area contributed by atoms with Gasteiger partial charge in [-0.2, -0.15) is 0 Å². The SMILES string of the molecule is CCCCCC/C=C/C=C/[SiH2]O. The van der Waals surface area contributed by atoms with Crippen molar-refractivity contribution in [2.75, 3.05) is 0 Å². The van der Waals surface area contributed by atoms with Crippen LogP contribution in [0.2, 0.25) is 0 Å². The van der Waals surface area contributed by atoms with E-state index in [2.05, 4.69) is 13.0 Å². The van der Waals surface area contributed by atoms with E-state index in [1.807, 2.05) is 17.9 Å². The highest BCUT2D eigenvalue weighted by Gasteiger charge is 1.82. The Morgan fingerprint density at radius 3 is 2.67 bits per heavy atom. The minimum atomic E-state index is -0.865. The lowest BCUT2D eigenvalue weighted by Crippen LogP contribution is -1.75. The third kappa shape index (κ3) is 9.66. The summed E-state index contributed by atoms with van der Waals surface area (Å²) in [6.07, 6.45) is 12.6. The molecule has 0 aromatic carbocycles. The van der Waals surface area contributed by atoms with Crippen molar-refractivity contribution >= 4 is 9.76 Å². The van der Waals surface area contributed by atoms with E-state index in [0.29, 0.717) is 0 Å². The highest BCUT2D eigenvalue weighted by atomic mass is 28.2. The molecule has 1 nitrogen and oxygen atoms in total. The summed E-state index contributed by atoms with van der Waals surface area (Å²) in [5.74, 6) is 0. The summed E-state index contributed by atoms with van der Waals surface area (Å²) in [6, 6.07) is 0. The molecule has 0 aliphatic heterocycles. The van der Waals surface area contributed by atoms with Gasteiger partial charge in [0.2, 0.25) is 0 Å². The van der Waals surface area contributed by atoms with Gasteiger partial charge in [-0.25, -0.2) is 0 Å². The summed E-state index contributed by atoms with van der Waals surface area (Å²) in [6.45, 7) is 2.23. The molecule has 0 saturated heterocycles. The van der Waals surface area contributed by atoms with E-state index < -0.39 is 9.76 Å². The first-order valence-electron chi connectivity index (χ1n) is 4.84. The molecule has 0 spiro atoms. The zero-order chi connectivity index (χ0) is 9.07. The molecular weight excluding hydrogens is 164 g/mol.